The van der Waals surface area contributed by atoms with Gasteiger partial charge in [0.1, 0.15) is 5.69 Å². The van der Waals surface area contributed by atoms with Crippen LogP contribution in [0.5, 0.6) is 0 Å². The predicted octanol–water partition coefficient (Wildman–Crippen LogP) is 1.49. The summed E-state index contributed by atoms with van der Waals surface area (Å²) >= 11 is 0. The van der Waals surface area contributed by atoms with Gasteiger partial charge in [-0.05, 0) is 30.2 Å². The number of aromatic nitrogens is 1. The Morgan fingerprint density at radius 1 is 1.20 bits per heavy atom. The Kier molecular flexibility index (Phi) is 3.72. The van der Waals surface area contributed by atoms with E-state index in [4.69, 9.17) is 5.73 Å². The van der Waals surface area contributed by atoms with E-state index >= 15 is 0 Å². The number of carbonyl (C=O) groups excluding carboxylic acids is 1. The van der Waals surface area contributed by atoms with Gasteiger partial charge in [-0.25, -0.2) is 4.98 Å². The molecule has 1 heterocycles. The number of nitrogens with zero attached hydrogens (tertiary/aromatic N) is 2. The van der Waals surface area contributed by atoms with Gasteiger partial charge in [-0.15, -0.1) is 0 Å². The number of primary amides is 1. The van der Waals surface area contributed by atoms with Crippen LogP contribution in [0.2, 0.25) is 0 Å². The molecule has 6 heteroatoms. The van der Waals surface area contributed by atoms with Crippen molar-refractivity contribution in [3.8, 4) is 11.8 Å². The normalized spacial score (nSPS) is 9.40. The van der Waals surface area contributed by atoms with Crippen LogP contribution in [0.1, 0.15) is 21.6 Å². The zero-order chi connectivity index (χ0) is 14.5. The average molecular weight is 267 g/mol. The standard InChI is InChI=1S/C14H9N3O3/c15-14(18)12-2-1-9-16-13(12)8-5-10-3-6-11(7-4-10)17(19)20/h1-4,6-7,9H,(H2,15,18). The fraction of sp³-hybridized carbons (Fsp3) is 0. The fourth-order valence-corrected chi connectivity index (χ4v) is 1.50. The first-order chi connectivity index (χ1) is 9.58. The van der Waals surface area contributed by atoms with Crippen molar-refractivity contribution in [1.82, 2.24) is 4.98 Å². The van der Waals surface area contributed by atoms with E-state index in [1.54, 1.807) is 6.07 Å². The lowest BCUT2D eigenvalue weighted by Gasteiger charge is -1.97. The van der Waals surface area contributed by atoms with Crippen LogP contribution in [0.25, 0.3) is 0 Å². The molecule has 0 aliphatic heterocycles. The molecular formula is C14H9N3O3. The second-order valence-corrected chi connectivity index (χ2v) is 3.82. The SMILES string of the molecule is NC(=O)c1cccnc1C#Cc1ccc([N+](=O)[O-])cc1. The molecule has 0 aliphatic carbocycles. The molecule has 0 fully saturated rings. The van der Waals surface area contributed by atoms with E-state index < -0.39 is 10.8 Å². The minimum Gasteiger partial charge on any atom is -0.366 e. The molecular weight excluding hydrogens is 258 g/mol. The molecule has 0 bridgehead atoms. The molecule has 0 aliphatic rings. The summed E-state index contributed by atoms with van der Waals surface area (Å²) in [6.07, 6.45) is 1.51. The first-order valence-corrected chi connectivity index (χ1v) is 5.59. The summed E-state index contributed by atoms with van der Waals surface area (Å²) in [5, 5.41) is 10.5. The molecule has 0 unspecified atom stereocenters. The third-order valence-corrected chi connectivity index (χ3v) is 2.48. The summed E-state index contributed by atoms with van der Waals surface area (Å²) < 4.78 is 0. The number of hydrogen-bond acceptors (Lipinski definition) is 4. The number of nitro benzene ring substituents is 1. The Morgan fingerprint density at radius 3 is 2.50 bits per heavy atom. The molecule has 0 saturated carbocycles. The van der Waals surface area contributed by atoms with Crippen LogP contribution >= 0.6 is 0 Å². The van der Waals surface area contributed by atoms with Crippen LogP contribution in [0.3, 0.4) is 0 Å². The smallest absolute Gasteiger partial charge is 0.269 e. The van der Waals surface area contributed by atoms with Gasteiger partial charge < -0.3 is 5.73 Å². The third-order valence-electron chi connectivity index (χ3n) is 2.48. The van der Waals surface area contributed by atoms with E-state index in [2.05, 4.69) is 16.8 Å². The number of carbonyl (C=O) groups is 1. The van der Waals surface area contributed by atoms with Crippen molar-refractivity contribution < 1.29 is 9.72 Å². The molecule has 1 aromatic carbocycles. The van der Waals surface area contributed by atoms with Crippen LogP contribution in [0.4, 0.5) is 5.69 Å². The van der Waals surface area contributed by atoms with Crippen molar-refractivity contribution in [1.29, 1.82) is 0 Å². The number of pyridine rings is 1. The van der Waals surface area contributed by atoms with E-state index in [9.17, 15) is 14.9 Å². The summed E-state index contributed by atoms with van der Waals surface area (Å²) in [5.74, 6) is 4.90. The third kappa shape index (κ3) is 2.97. The Morgan fingerprint density at radius 2 is 1.90 bits per heavy atom. The Balaban J connectivity index is 2.31. The van der Waals surface area contributed by atoms with E-state index in [0.29, 0.717) is 5.56 Å². The molecule has 2 rings (SSSR count). The highest BCUT2D eigenvalue weighted by molar-refractivity contribution is 5.94. The van der Waals surface area contributed by atoms with Gasteiger partial charge in [-0.2, -0.15) is 0 Å². The topological polar surface area (TPSA) is 99.1 Å². The Hall–Kier alpha value is -3.20. The minimum absolute atomic E-state index is 0.00814. The van der Waals surface area contributed by atoms with Gasteiger partial charge in [-0.1, -0.05) is 5.92 Å². The lowest BCUT2D eigenvalue weighted by Crippen LogP contribution is -2.13. The molecule has 0 saturated heterocycles. The zero-order valence-corrected chi connectivity index (χ0v) is 10.2. The van der Waals surface area contributed by atoms with Crippen molar-refractivity contribution in [3.63, 3.8) is 0 Å². The second kappa shape index (κ2) is 5.63. The van der Waals surface area contributed by atoms with Crippen molar-refractivity contribution in [2.24, 2.45) is 5.73 Å². The molecule has 1 aromatic heterocycles. The van der Waals surface area contributed by atoms with Crippen molar-refractivity contribution >= 4 is 11.6 Å². The molecule has 0 radical (unpaired) electrons. The van der Waals surface area contributed by atoms with Gasteiger partial charge in [0, 0.05) is 23.9 Å². The predicted molar refractivity (Wildman–Crippen MR) is 71.8 cm³/mol. The summed E-state index contributed by atoms with van der Waals surface area (Å²) in [4.78, 5) is 25.2. The number of non-ortho nitro benzene ring substituents is 1. The number of benzene rings is 1. The van der Waals surface area contributed by atoms with E-state index in [1.807, 2.05) is 0 Å². The summed E-state index contributed by atoms with van der Waals surface area (Å²) in [7, 11) is 0. The van der Waals surface area contributed by atoms with Crippen LogP contribution < -0.4 is 5.73 Å². The zero-order valence-electron chi connectivity index (χ0n) is 10.2. The largest absolute Gasteiger partial charge is 0.366 e. The molecule has 0 spiro atoms. The highest BCUT2D eigenvalue weighted by Crippen LogP contribution is 2.11. The molecule has 20 heavy (non-hydrogen) atoms. The Bertz CT molecular complexity index is 727. The molecule has 2 N–H and O–H groups in total. The number of nitrogens with two attached hydrogens (primary N) is 1. The minimum atomic E-state index is -0.605. The first kappa shape index (κ1) is 13.2. The van der Waals surface area contributed by atoms with Crippen molar-refractivity contribution in [2.75, 3.05) is 0 Å². The van der Waals surface area contributed by atoms with Crippen LogP contribution in [-0.4, -0.2) is 15.8 Å². The molecule has 1 amide bonds. The molecule has 98 valence electrons. The maximum absolute atomic E-state index is 11.2. The van der Waals surface area contributed by atoms with E-state index in [-0.39, 0.29) is 16.9 Å². The van der Waals surface area contributed by atoms with Crippen LogP contribution in [0, 0.1) is 22.0 Å². The van der Waals surface area contributed by atoms with Gasteiger partial charge in [0.15, 0.2) is 0 Å². The van der Waals surface area contributed by atoms with Gasteiger partial charge in [-0.3, -0.25) is 14.9 Å². The van der Waals surface area contributed by atoms with Crippen LogP contribution in [-0.2, 0) is 0 Å². The number of rotatable bonds is 2. The lowest BCUT2D eigenvalue weighted by molar-refractivity contribution is -0.384. The molecule has 6 nitrogen and oxygen atoms in total. The van der Waals surface area contributed by atoms with E-state index in [0.717, 1.165) is 0 Å². The molecule has 0 atom stereocenters. The Labute approximate surface area is 114 Å². The average Bonchev–Trinajstić information content (AvgIpc) is 2.45. The monoisotopic (exact) mass is 267 g/mol. The lowest BCUT2D eigenvalue weighted by atomic mass is 10.1. The summed E-state index contributed by atoms with van der Waals surface area (Å²) in [6, 6.07) is 8.90. The number of amides is 1. The second-order valence-electron chi connectivity index (χ2n) is 3.82. The maximum Gasteiger partial charge on any atom is 0.269 e. The summed E-state index contributed by atoms with van der Waals surface area (Å²) in [5.41, 5.74) is 6.30. The maximum atomic E-state index is 11.2. The van der Waals surface area contributed by atoms with Gasteiger partial charge in [0.05, 0.1) is 10.5 Å². The van der Waals surface area contributed by atoms with E-state index in [1.165, 1.54) is 36.5 Å². The van der Waals surface area contributed by atoms with Gasteiger partial charge in [0.25, 0.3) is 11.6 Å². The van der Waals surface area contributed by atoms with Crippen molar-refractivity contribution in [3.05, 3.63) is 69.5 Å². The number of nitro groups is 1. The van der Waals surface area contributed by atoms with Crippen molar-refractivity contribution in [2.45, 2.75) is 0 Å². The molecule has 2 aromatic rings. The summed E-state index contributed by atoms with van der Waals surface area (Å²) in [6.45, 7) is 0. The van der Waals surface area contributed by atoms with Crippen LogP contribution in [0.15, 0.2) is 42.6 Å². The first-order valence-electron chi connectivity index (χ1n) is 5.59. The number of hydrogen-bond donors (Lipinski definition) is 1. The quantitative estimate of drug-likeness (QED) is 0.506. The van der Waals surface area contributed by atoms with Gasteiger partial charge >= 0.3 is 0 Å². The fourth-order valence-electron chi connectivity index (χ4n) is 1.50. The van der Waals surface area contributed by atoms with Gasteiger partial charge in [0.2, 0.25) is 0 Å². The highest BCUT2D eigenvalue weighted by Gasteiger charge is 2.06. The highest BCUT2D eigenvalue weighted by atomic mass is 16.6.